The van der Waals surface area contributed by atoms with Gasteiger partial charge in [0.05, 0.1) is 19.6 Å². The molecule has 1 aliphatic rings. The summed E-state index contributed by atoms with van der Waals surface area (Å²) in [6.07, 6.45) is 0.0174. The highest BCUT2D eigenvalue weighted by atomic mass is 32.2. The Morgan fingerprint density at radius 3 is 2.40 bits per heavy atom. The molecule has 1 amide bonds. The van der Waals surface area contributed by atoms with Gasteiger partial charge in [-0.05, 0) is 19.4 Å². The second-order valence-electron chi connectivity index (χ2n) is 5.47. The molecule has 6 nitrogen and oxygen atoms in total. The molecule has 2 unspecified atom stereocenters. The number of hydrogen-bond acceptors (Lipinski definition) is 6. The SMILES string of the molecule is CCOC(=O)CCC(=O)N1C(C(=O)OCC)CSC1c1ccccc1. The van der Waals surface area contributed by atoms with Crippen LogP contribution in [0.15, 0.2) is 30.3 Å². The van der Waals surface area contributed by atoms with Gasteiger partial charge in [0.2, 0.25) is 5.91 Å². The Labute approximate surface area is 151 Å². The van der Waals surface area contributed by atoms with Crippen molar-refractivity contribution in [3.05, 3.63) is 35.9 Å². The predicted molar refractivity (Wildman–Crippen MR) is 94.8 cm³/mol. The smallest absolute Gasteiger partial charge is 0.329 e. The lowest BCUT2D eigenvalue weighted by Gasteiger charge is -2.28. The van der Waals surface area contributed by atoms with Crippen LogP contribution >= 0.6 is 11.8 Å². The van der Waals surface area contributed by atoms with Crippen LogP contribution in [0.5, 0.6) is 0 Å². The van der Waals surface area contributed by atoms with Gasteiger partial charge in [-0.2, -0.15) is 0 Å². The Morgan fingerprint density at radius 1 is 1.08 bits per heavy atom. The van der Waals surface area contributed by atoms with Crippen LogP contribution in [0.3, 0.4) is 0 Å². The molecule has 1 aromatic carbocycles. The molecule has 1 saturated heterocycles. The Morgan fingerprint density at radius 2 is 1.76 bits per heavy atom. The van der Waals surface area contributed by atoms with Gasteiger partial charge in [0.15, 0.2) is 0 Å². The van der Waals surface area contributed by atoms with Gasteiger partial charge in [0.25, 0.3) is 0 Å². The number of carbonyl (C=O) groups is 3. The summed E-state index contributed by atoms with van der Waals surface area (Å²) >= 11 is 1.53. The van der Waals surface area contributed by atoms with Crippen LogP contribution < -0.4 is 0 Å². The minimum Gasteiger partial charge on any atom is -0.466 e. The second-order valence-corrected chi connectivity index (χ2v) is 6.58. The fourth-order valence-electron chi connectivity index (χ4n) is 2.68. The normalized spacial score (nSPS) is 19.5. The number of amides is 1. The summed E-state index contributed by atoms with van der Waals surface area (Å²) in [6.45, 7) is 4.01. The number of nitrogens with zero attached hydrogens (tertiary/aromatic N) is 1. The molecule has 1 heterocycles. The van der Waals surface area contributed by atoms with Crippen molar-refractivity contribution < 1.29 is 23.9 Å². The van der Waals surface area contributed by atoms with Crippen molar-refractivity contribution in [1.82, 2.24) is 4.90 Å². The quantitative estimate of drug-likeness (QED) is 0.692. The number of carbonyl (C=O) groups excluding carboxylic acids is 3. The fraction of sp³-hybridized carbons (Fsp3) is 0.500. The molecule has 0 saturated carbocycles. The molecule has 0 aromatic heterocycles. The average Bonchev–Trinajstić information content (AvgIpc) is 3.06. The zero-order valence-corrected chi connectivity index (χ0v) is 15.3. The first-order valence-corrected chi connectivity index (χ1v) is 9.43. The first-order valence-electron chi connectivity index (χ1n) is 8.38. The van der Waals surface area contributed by atoms with Gasteiger partial charge in [0.1, 0.15) is 11.4 Å². The van der Waals surface area contributed by atoms with Crippen LogP contribution in [0.4, 0.5) is 0 Å². The highest BCUT2D eigenvalue weighted by Crippen LogP contribution is 2.42. The third-order valence-corrected chi connectivity index (χ3v) is 5.10. The van der Waals surface area contributed by atoms with E-state index >= 15 is 0 Å². The van der Waals surface area contributed by atoms with Gasteiger partial charge in [-0.1, -0.05) is 30.3 Å². The first-order chi connectivity index (χ1) is 12.1. The van der Waals surface area contributed by atoms with Crippen LogP contribution in [0.25, 0.3) is 0 Å². The number of hydrogen-bond donors (Lipinski definition) is 0. The van der Waals surface area contributed by atoms with E-state index in [0.717, 1.165) is 5.56 Å². The molecule has 0 bridgehead atoms. The number of benzene rings is 1. The molecule has 0 spiro atoms. The molecule has 1 aromatic rings. The second kappa shape index (κ2) is 9.46. The van der Waals surface area contributed by atoms with Gasteiger partial charge in [-0.25, -0.2) is 4.79 Å². The van der Waals surface area contributed by atoms with Gasteiger partial charge >= 0.3 is 11.9 Å². The van der Waals surface area contributed by atoms with Crippen LogP contribution in [-0.4, -0.2) is 47.8 Å². The van der Waals surface area contributed by atoms with Gasteiger partial charge in [-0.3, -0.25) is 9.59 Å². The Hall–Kier alpha value is -2.02. The molecule has 136 valence electrons. The molecule has 1 fully saturated rings. The third kappa shape index (κ3) is 4.98. The van der Waals surface area contributed by atoms with E-state index in [-0.39, 0.29) is 37.3 Å². The summed E-state index contributed by atoms with van der Waals surface area (Å²) in [5.41, 5.74) is 0.948. The molecular weight excluding hydrogens is 342 g/mol. The van der Waals surface area contributed by atoms with Crippen molar-refractivity contribution in [1.29, 1.82) is 0 Å². The van der Waals surface area contributed by atoms with Crippen LogP contribution in [-0.2, 0) is 23.9 Å². The molecule has 2 atom stereocenters. The largest absolute Gasteiger partial charge is 0.466 e. The maximum absolute atomic E-state index is 12.8. The summed E-state index contributed by atoms with van der Waals surface area (Å²) < 4.78 is 9.99. The highest BCUT2D eigenvalue weighted by molar-refractivity contribution is 7.99. The number of esters is 2. The van der Waals surface area contributed by atoms with E-state index in [4.69, 9.17) is 9.47 Å². The monoisotopic (exact) mass is 365 g/mol. The Kier molecular flexibility index (Phi) is 7.31. The first kappa shape index (κ1) is 19.3. The zero-order chi connectivity index (χ0) is 18.2. The van der Waals surface area contributed by atoms with E-state index in [1.807, 2.05) is 30.3 Å². The summed E-state index contributed by atoms with van der Waals surface area (Å²) in [5.74, 6) is -0.585. The van der Waals surface area contributed by atoms with Crippen molar-refractivity contribution in [2.75, 3.05) is 19.0 Å². The minimum atomic E-state index is -0.634. The van der Waals surface area contributed by atoms with Crippen molar-refractivity contribution in [2.45, 2.75) is 38.1 Å². The number of ether oxygens (including phenoxy) is 2. The maximum Gasteiger partial charge on any atom is 0.329 e. The van der Waals surface area contributed by atoms with E-state index in [9.17, 15) is 14.4 Å². The summed E-state index contributed by atoms with van der Waals surface area (Å²) in [4.78, 5) is 38.1. The maximum atomic E-state index is 12.8. The van der Waals surface area contributed by atoms with Gasteiger partial charge in [-0.15, -0.1) is 11.8 Å². The Balaban J connectivity index is 2.16. The van der Waals surface area contributed by atoms with Crippen molar-refractivity contribution in [3.63, 3.8) is 0 Å². The van der Waals surface area contributed by atoms with Crippen LogP contribution in [0.1, 0.15) is 37.6 Å². The lowest BCUT2D eigenvalue weighted by molar-refractivity contribution is -0.154. The molecule has 0 radical (unpaired) electrons. The van der Waals surface area contributed by atoms with Crippen LogP contribution in [0.2, 0.25) is 0 Å². The molecule has 7 heteroatoms. The Bertz CT molecular complexity index is 607. The van der Waals surface area contributed by atoms with Gasteiger partial charge < -0.3 is 14.4 Å². The summed E-state index contributed by atoms with van der Waals surface area (Å²) in [6, 6.07) is 8.92. The zero-order valence-electron chi connectivity index (χ0n) is 14.5. The lowest BCUT2D eigenvalue weighted by atomic mass is 10.1. The summed E-state index contributed by atoms with van der Waals surface area (Å²) in [5, 5.41) is -0.259. The minimum absolute atomic E-state index is 0.00486. The fourth-order valence-corrected chi connectivity index (χ4v) is 4.11. The molecule has 25 heavy (non-hydrogen) atoms. The standard InChI is InChI=1S/C18H23NO5S/c1-3-23-16(21)11-10-15(20)19-14(18(22)24-4-2)12-25-17(19)13-8-6-5-7-9-13/h5-9,14,17H,3-4,10-12H2,1-2H3. The predicted octanol–water partition coefficient (Wildman–Crippen LogP) is 2.54. The highest BCUT2D eigenvalue weighted by Gasteiger charge is 2.42. The molecular formula is C18H23NO5S. The number of rotatable bonds is 7. The van der Waals surface area contributed by atoms with E-state index in [1.54, 1.807) is 18.7 Å². The lowest BCUT2D eigenvalue weighted by Crippen LogP contribution is -2.44. The van der Waals surface area contributed by atoms with E-state index in [2.05, 4.69) is 0 Å². The summed E-state index contributed by atoms with van der Waals surface area (Å²) in [7, 11) is 0. The molecule has 0 N–H and O–H groups in total. The molecule has 2 rings (SSSR count). The average molecular weight is 365 g/mol. The molecule has 1 aliphatic heterocycles. The van der Waals surface area contributed by atoms with Gasteiger partial charge in [0, 0.05) is 12.2 Å². The van der Waals surface area contributed by atoms with E-state index in [0.29, 0.717) is 5.75 Å². The molecule has 0 aliphatic carbocycles. The topological polar surface area (TPSA) is 72.9 Å². The van der Waals surface area contributed by atoms with Crippen molar-refractivity contribution >= 4 is 29.6 Å². The van der Waals surface area contributed by atoms with E-state index < -0.39 is 18.0 Å². The van der Waals surface area contributed by atoms with Crippen molar-refractivity contribution in [2.24, 2.45) is 0 Å². The van der Waals surface area contributed by atoms with E-state index in [1.165, 1.54) is 11.8 Å². The van der Waals surface area contributed by atoms with Crippen molar-refractivity contribution in [3.8, 4) is 0 Å². The third-order valence-electron chi connectivity index (χ3n) is 3.78. The number of thioether (sulfide) groups is 1. The van der Waals surface area contributed by atoms with Crippen LogP contribution in [0, 0.1) is 0 Å².